The van der Waals surface area contributed by atoms with Crippen molar-refractivity contribution in [2.24, 2.45) is 16.3 Å². The SMILES string of the molecule is CC(C)(C)[C@H]1CCc2c(sc(N=Cc3ccc(-c4cc(Cl)ccc4Cl)o3)c2C(=O)NCc2ccco2)C1. The number of fused-ring (bicyclic) bond motifs is 1. The van der Waals surface area contributed by atoms with Crippen molar-refractivity contribution in [2.75, 3.05) is 0 Å². The van der Waals surface area contributed by atoms with Crippen molar-refractivity contribution >= 4 is 51.7 Å². The molecule has 1 aliphatic rings. The molecule has 0 fully saturated rings. The summed E-state index contributed by atoms with van der Waals surface area (Å²) in [4.78, 5) is 19.4. The highest BCUT2D eigenvalue weighted by molar-refractivity contribution is 7.16. The van der Waals surface area contributed by atoms with Gasteiger partial charge in [0.1, 0.15) is 22.3 Å². The molecule has 0 unspecified atom stereocenters. The van der Waals surface area contributed by atoms with Crippen LogP contribution in [0.3, 0.4) is 0 Å². The van der Waals surface area contributed by atoms with E-state index < -0.39 is 0 Å². The van der Waals surface area contributed by atoms with Gasteiger partial charge in [0.2, 0.25) is 0 Å². The average molecular weight is 556 g/mol. The molecule has 5 nitrogen and oxygen atoms in total. The molecule has 192 valence electrons. The van der Waals surface area contributed by atoms with Crippen LogP contribution >= 0.6 is 34.5 Å². The Hall–Kier alpha value is -2.80. The van der Waals surface area contributed by atoms with Crippen LogP contribution < -0.4 is 5.32 Å². The van der Waals surface area contributed by atoms with Gasteiger partial charge in [0.25, 0.3) is 5.91 Å². The highest BCUT2D eigenvalue weighted by Gasteiger charge is 2.33. The zero-order valence-electron chi connectivity index (χ0n) is 20.9. The van der Waals surface area contributed by atoms with Gasteiger partial charge in [-0.2, -0.15) is 0 Å². The monoisotopic (exact) mass is 554 g/mol. The van der Waals surface area contributed by atoms with Crippen molar-refractivity contribution in [3.8, 4) is 11.3 Å². The molecule has 5 rings (SSSR count). The number of halogens is 2. The van der Waals surface area contributed by atoms with Gasteiger partial charge >= 0.3 is 0 Å². The van der Waals surface area contributed by atoms with E-state index in [9.17, 15) is 4.79 Å². The Morgan fingerprint density at radius 2 is 2.05 bits per heavy atom. The van der Waals surface area contributed by atoms with Gasteiger partial charge in [0.05, 0.1) is 29.6 Å². The highest BCUT2D eigenvalue weighted by Crippen LogP contribution is 2.45. The van der Waals surface area contributed by atoms with E-state index in [-0.39, 0.29) is 11.3 Å². The Labute approximate surface area is 230 Å². The number of rotatable bonds is 6. The molecule has 0 saturated carbocycles. The number of furan rings is 2. The number of nitrogens with one attached hydrogen (secondary N) is 1. The Morgan fingerprint density at radius 3 is 2.81 bits per heavy atom. The molecule has 0 radical (unpaired) electrons. The summed E-state index contributed by atoms with van der Waals surface area (Å²) in [5, 5.41) is 4.82. The molecule has 0 spiro atoms. The van der Waals surface area contributed by atoms with E-state index in [1.807, 2.05) is 24.3 Å². The van der Waals surface area contributed by atoms with E-state index in [0.29, 0.717) is 55.9 Å². The second-order valence-corrected chi connectivity index (χ2v) is 12.3. The fourth-order valence-corrected chi connectivity index (χ4v) is 6.33. The van der Waals surface area contributed by atoms with E-state index in [0.717, 1.165) is 24.8 Å². The van der Waals surface area contributed by atoms with E-state index >= 15 is 0 Å². The van der Waals surface area contributed by atoms with Crippen LogP contribution in [0.4, 0.5) is 5.00 Å². The minimum absolute atomic E-state index is 0.138. The molecule has 8 heteroatoms. The van der Waals surface area contributed by atoms with Crippen LogP contribution in [-0.4, -0.2) is 12.1 Å². The average Bonchev–Trinajstić information content (AvgIpc) is 3.61. The Balaban J connectivity index is 1.44. The van der Waals surface area contributed by atoms with E-state index in [2.05, 4.69) is 26.1 Å². The summed E-state index contributed by atoms with van der Waals surface area (Å²) in [5.74, 6) is 2.29. The maximum atomic E-state index is 13.4. The van der Waals surface area contributed by atoms with Gasteiger partial charge in [-0.15, -0.1) is 11.3 Å². The molecule has 4 aromatic rings. The maximum absolute atomic E-state index is 13.4. The lowest BCUT2D eigenvalue weighted by Crippen LogP contribution is -2.28. The third-order valence-corrected chi connectivity index (χ3v) is 8.56. The van der Waals surface area contributed by atoms with E-state index in [1.54, 1.807) is 42.0 Å². The van der Waals surface area contributed by atoms with Gasteiger partial charge in [-0.1, -0.05) is 44.0 Å². The third kappa shape index (κ3) is 5.71. The van der Waals surface area contributed by atoms with Gasteiger partial charge in [0, 0.05) is 15.5 Å². The van der Waals surface area contributed by atoms with Gasteiger partial charge in [-0.05, 0) is 78.6 Å². The molecule has 0 bridgehead atoms. The molecule has 3 heterocycles. The first-order valence-corrected chi connectivity index (χ1v) is 13.8. The lowest BCUT2D eigenvalue weighted by Gasteiger charge is -2.33. The zero-order valence-corrected chi connectivity index (χ0v) is 23.3. The largest absolute Gasteiger partial charge is 0.467 e. The van der Waals surface area contributed by atoms with Gasteiger partial charge in [-0.25, -0.2) is 4.99 Å². The summed E-state index contributed by atoms with van der Waals surface area (Å²) < 4.78 is 11.4. The first-order chi connectivity index (χ1) is 17.7. The standard InChI is InChI=1S/C29H28Cl2N2O3S/c1-29(2,3)17-6-9-21-25(13-17)37-28(26(21)27(34)32-15-19-5-4-12-35-19)33-16-20-8-11-24(36-20)22-14-18(30)7-10-23(22)31/h4-5,7-8,10-12,14,16-17H,6,9,13,15H2,1-3H3,(H,32,34)/t17-/m0/s1. The van der Waals surface area contributed by atoms with Crippen molar-refractivity contribution in [3.63, 3.8) is 0 Å². The number of nitrogens with zero attached hydrogens (tertiary/aromatic N) is 1. The first-order valence-electron chi connectivity index (χ1n) is 12.2. The highest BCUT2D eigenvalue weighted by atomic mass is 35.5. The van der Waals surface area contributed by atoms with Crippen LogP contribution in [0.5, 0.6) is 0 Å². The minimum Gasteiger partial charge on any atom is -0.467 e. The fraction of sp³-hybridized carbons (Fsp3) is 0.310. The smallest absolute Gasteiger partial charge is 0.255 e. The maximum Gasteiger partial charge on any atom is 0.255 e. The second-order valence-electron chi connectivity index (χ2n) is 10.3. The number of carbonyl (C=O) groups is 1. The molecular weight excluding hydrogens is 527 g/mol. The Kier molecular flexibility index (Phi) is 7.35. The number of amides is 1. The summed E-state index contributed by atoms with van der Waals surface area (Å²) in [6, 6.07) is 12.6. The number of benzene rings is 1. The zero-order chi connectivity index (χ0) is 26.2. The predicted molar refractivity (Wildman–Crippen MR) is 151 cm³/mol. The Bertz CT molecular complexity index is 1440. The summed E-state index contributed by atoms with van der Waals surface area (Å²) in [5.41, 5.74) is 2.69. The molecule has 1 atom stereocenters. The molecule has 37 heavy (non-hydrogen) atoms. The topological polar surface area (TPSA) is 67.7 Å². The first kappa shape index (κ1) is 25.8. The van der Waals surface area contributed by atoms with Crippen LogP contribution in [0.25, 0.3) is 11.3 Å². The van der Waals surface area contributed by atoms with Crippen LogP contribution in [0, 0.1) is 11.3 Å². The number of carbonyl (C=O) groups excluding carboxylic acids is 1. The molecule has 1 amide bonds. The van der Waals surface area contributed by atoms with E-state index in [1.165, 1.54) is 4.88 Å². The van der Waals surface area contributed by atoms with Crippen LogP contribution in [0.15, 0.2) is 62.6 Å². The van der Waals surface area contributed by atoms with Crippen LogP contribution in [0.2, 0.25) is 10.0 Å². The lowest BCUT2D eigenvalue weighted by molar-refractivity contribution is 0.0947. The number of hydrogen-bond acceptors (Lipinski definition) is 5. The quantitative estimate of drug-likeness (QED) is 0.242. The molecule has 0 saturated heterocycles. The molecule has 1 N–H and O–H groups in total. The summed E-state index contributed by atoms with van der Waals surface area (Å²) >= 11 is 14.1. The number of thiophene rings is 1. The van der Waals surface area contributed by atoms with Crippen molar-refractivity contribution in [3.05, 3.63) is 86.3 Å². The summed E-state index contributed by atoms with van der Waals surface area (Å²) in [6.07, 6.45) is 6.13. The molecule has 3 aromatic heterocycles. The summed E-state index contributed by atoms with van der Waals surface area (Å²) in [7, 11) is 0. The molecule has 1 aliphatic carbocycles. The van der Waals surface area contributed by atoms with Crippen LogP contribution in [0.1, 0.15) is 59.5 Å². The molecule has 0 aliphatic heterocycles. The van der Waals surface area contributed by atoms with Gasteiger partial charge < -0.3 is 14.2 Å². The normalized spacial score (nSPS) is 15.8. The van der Waals surface area contributed by atoms with Crippen LogP contribution in [-0.2, 0) is 19.4 Å². The van der Waals surface area contributed by atoms with Gasteiger partial charge in [-0.3, -0.25) is 4.79 Å². The molecular formula is C29H28Cl2N2O3S. The van der Waals surface area contributed by atoms with Crippen molar-refractivity contribution in [1.82, 2.24) is 5.32 Å². The third-order valence-electron chi connectivity index (χ3n) is 6.83. The molecule has 1 aromatic carbocycles. The van der Waals surface area contributed by atoms with Gasteiger partial charge in [0.15, 0.2) is 0 Å². The number of hydrogen-bond donors (Lipinski definition) is 1. The van der Waals surface area contributed by atoms with Crippen molar-refractivity contribution < 1.29 is 13.6 Å². The van der Waals surface area contributed by atoms with Crippen molar-refractivity contribution in [1.29, 1.82) is 0 Å². The van der Waals surface area contributed by atoms with Crippen molar-refractivity contribution in [2.45, 2.75) is 46.6 Å². The second kappa shape index (κ2) is 10.5. The van der Waals surface area contributed by atoms with E-state index in [4.69, 9.17) is 37.0 Å². The summed E-state index contributed by atoms with van der Waals surface area (Å²) in [6.45, 7) is 7.18. The lowest BCUT2D eigenvalue weighted by atomic mass is 9.72. The number of aliphatic imine (C=N–C) groups is 1. The minimum atomic E-state index is -0.138. The fourth-order valence-electron chi connectivity index (χ4n) is 4.68. The predicted octanol–water partition coefficient (Wildman–Crippen LogP) is 8.74. The Morgan fingerprint density at radius 1 is 1.22 bits per heavy atom.